The molecule has 2 aliphatic heterocycles. The molecule has 0 spiro atoms. The summed E-state index contributed by atoms with van der Waals surface area (Å²) in [6.45, 7) is 1.98. The third-order valence-electron chi connectivity index (χ3n) is 4.11. The quantitative estimate of drug-likeness (QED) is 0.613. The van der Waals surface area contributed by atoms with Crippen LogP contribution in [0.5, 0.6) is 0 Å². The zero-order valence-electron chi connectivity index (χ0n) is 12.7. The van der Waals surface area contributed by atoms with E-state index in [1.165, 1.54) is 21.5 Å². The Morgan fingerprint density at radius 1 is 1.09 bits per heavy atom. The summed E-state index contributed by atoms with van der Waals surface area (Å²) in [7, 11) is -3.77. The van der Waals surface area contributed by atoms with Gasteiger partial charge in [0.25, 0.3) is 5.69 Å². The first-order valence-corrected chi connectivity index (χ1v) is 9.13. The van der Waals surface area contributed by atoms with Crippen LogP contribution in [0.1, 0.15) is 25.7 Å². The summed E-state index contributed by atoms with van der Waals surface area (Å²) in [5, 5.41) is 12.6. The van der Waals surface area contributed by atoms with E-state index >= 15 is 0 Å². The Hall–Kier alpha value is -1.71. The van der Waals surface area contributed by atoms with Gasteiger partial charge >= 0.3 is 0 Å². The highest BCUT2D eigenvalue weighted by Gasteiger charge is 2.33. The number of hydrogen-bond acceptors (Lipinski definition) is 6. The van der Waals surface area contributed by atoms with Gasteiger partial charge in [0.05, 0.1) is 17.2 Å². The van der Waals surface area contributed by atoms with Crippen LogP contribution in [0.15, 0.2) is 23.1 Å². The number of nitro benzene ring substituents is 1. The van der Waals surface area contributed by atoms with Crippen LogP contribution in [0.3, 0.4) is 0 Å². The van der Waals surface area contributed by atoms with Crippen LogP contribution < -0.4 is 5.06 Å². The number of rotatable bonds is 4. The molecule has 3 rings (SSSR count). The van der Waals surface area contributed by atoms with Crippen LogP contribution in [0.4, 0.5) is 11.4 Å². The van der Waals surface area contributed by atoms with Gasteiger partial charge in [-0.05, 0) is 31.7 Å². The lowest BCUT2D eigenvalue weighted by Gasteiger charge is -2.30. The third-order valence-corrected chi connectivity index (χ3v) is 6.04. The molecule has 0 aromatic heterocycles. The zero-order chi connectivity index (χ0) is 16.4. The van der Waals surface area contributed by atoms with E-state index in [1.54, 1.807) is 0 Å². The van der Waals surface area contributed by atoms with Gasteiger partial charge in [-0.3, -0.25) is 20.0 Å². The molecule has 0 unspecified atom stereocenters. The first-order chi connectivity index (χ1) is 11.0. The molecule has 2 heterocycles. The van der Waals surface area contributed by atoms with Crippen molar-refractivity contribution in [1.82, 2.24) is 4.31 Å². The summed E-state index contributed by atoms with van der Waals surface area (Å²) in [5.41, 5.74) is 0.144. The zero-order valence-corrected chi connectivity index (χ0v) is 13.5. The van der Waals surface area contributed by atoms with Crippen LogP contribution in [-0.2, 0) is 14.9 Å². The summed E-state index contributed by atoms with van der Waals surface area (Å²) >= 11 is 0. The second kappa shape index (κ2) is 6.42. The minimum Gasteiger partial charge on any atom is -0.273 e. The Balaban J connectivity index is 2.06. The summed E-state index contributed by atoms with van der Waals surface area (Å²) in [5.74, 6) is 0. The third kappa shape index (κ3) is 3.17. The van der Waals surface area contributed by atoms with Crippen molar-refractivity contribution in [1.29, 1.82) is 0 Å². The molecule has 0 N–H and O–H groups in total. The lowest BCUT2D eigenvalue weighted by molar-refractivity contribution is -0.385. The highest BCUT2D eigenvalue weighted by atomic mass is 32.2. The molecule has 126 valence electrons. The van der Waals surface area contributed by atoms with Gasteiger partial charge in [-0.1, -0.05) is 0 Å². The van der Waals surface area contributed by atoms with E-state index in [9.17, 15) is 18.5 Å². The van der Waals surface area contributed by atoms with Crippen LogP contribution in [-0.4, -0.2) is 43.9 Å². The van der Waals surface area contributed by atoms with E-state index in [-0.39, 0.29) is 10.6 Å². The predicted molar refractivity (Wildman–Crippen MR) is 83.6 cm³/mol. The number of hydroxylamine groups is 1. The second-order valence-electron chi connectivity index (χ2n) is 5.66. The molecule has 0 radical (unpaired) electrons. The van der Waals surface area contributed by atoms with Gasteiger partial charge in [0, 0.05) is 31.8 Å². The van der Waals surface area contributed by atoms with Crippen molar-refractivity contribution < 1.29 is 18.2 Å². The first-order valence-electron chi connectivity index (χ1n) is 7.69. The molecule has 8 nitrogen and oxygen atoms in total. The van der Waals surface area contributed by atoms with Gasteiger partial charge in [-0.15, -0.1) is 0 Å². The van der Waals surface area contributed by atoms with Gasteiger partial charge in [0.2, 0.25) is 10.0 Å². The lowest BCUT2D eigenvalue weighted by Crippen LogP contribution is -2.33. The molecule has 2 saturated heterocycles. The van der Waals surface area contributed by atoms with Gasteiger partial charge in [-0.25, -0.2) is 8.42 Å². The van der Waals surface area contributed by atoms with E-state index in [0.717, 1.165) is 31.7 Å². The summed E-state index contributed by atoms with van der Waals surface area (Å²) in [4.78, 5) is 16.0. The molecular weight excluding hydrogens is 322 g/mol. The van der Waals surface area contributed by atoms with Crippen molar-refractivity contribution in [2.75, 3.05) is 31.3 Å². The van der Waals surface area contributed by atoms with Gasteiger partial charge < -0.3 is 0 Å². The van der Waals surface area contributed by atoms with Gasteiger partial charge in [-0.2, -0.15) is 4.31 Å². The van der Waals surface area contributed by atoms with Gasteiger partial charge in [0.1, 0.15) is 4.90 Å². The maximum atomic E-state index is 12.9. The smallest absolute Gasteiger partial charge is 0.270 e. The average molecular weight is 341 g/mol. The lowest BCUT2D eigenvalue weighted by atomic mass is 10.2. The molecule has 1 aromatic rings. The van der Waals surface area contributed by atoms with E-state index in [4.69, 9.17) is 4.84 Å². The molecule has 0 aliphatic carbocycles. The highest BCUT2D eigenvalue weighted by Crippen LogP contribution is 2.34. The normalized spacial score (nSPS) is 19.9. The molecule has 9 heteroatoms. The molecule has 0 bridgehead atoms. The summed E-state index contributed by atoms with van der Waals surface area (Å²) in [6.07, 6.45) is 3.42. The largest absolute Gasteiger partial charge is 0.273 e. The standard InChI is InChI=1S/C14H19N3O5S/c18-17(19)12-5-6-13(16-9-3-4-10-22-16)14(11-12)23(20,21)15-7-1-2-8-15/h5-6,11H,1-4,7-10H2. The summed E-state index contributed by atoms with van der Waals surface area (Å²) in [6, 6.07) is 3.92. The molecule has 0 saturated carbocycles. The minimum absolute atomic E-state index is 0.0458. The Morgan fingerprint density at radius 2 is 1.78 bits per heavy atom. The van der Waals surface area contributed by atoms with Crippen molar-refractivity contribution in [2.24, 2.45) is 0 Å². The van der Waals surface area contributed by atoms with Crippen molar-refractivity contribution in [3.8, 4) is 0 Å². The van der Waals surface area contributed by atoms with Crippen molar-refractivity contribution in [2.45, 2.75) is 30.6 Å². The Bertz CT molecular complexity index is 694. The molecule has 0 amide bonds. The Labute approximate surface area is 134 Å². The topological polar surface area (TPSA) is 93.0 Å². The van der Waals surface area contributed by atoms with Gasteiger partial charge in [0.15, 0.2) is 0 Å². The molecule has 0 atom stereocenters. The number of benzene rings is 1. The van der Waals surface area contributed by atoms with Crippen LogP contribution in [0.2, 0.25) is 0 Å². The van der Waals surface area contributed by atoms with E-state index < -0.39 is 14.9 Å². The van der Waals surface area contributed by atoms with E-state index in [1.807, 2.05) is 0 Å². The van der Waals surface area contributed by atoms with Crippen LogP contribution >= 0.6 is 0 Å². The van der Waals surface area contributed by atoms with Crippen molar-refractivity contribution in [3.63, 3.8) is 0 Å². The fourth-order valence-electron chi connectivity index (χ4n) is 2.88. The fraction of sp³-hybridized carbons (Fsp3) is 0.571. The second-order valence-corrected chi connectivity index (χ2v) is 7.57. The molecular formula is C14H19N3O5S. The van der Waals surface area contributed by atoms with Crippen molar-refractivity contribution >= 4 is 21.4 Å². The SMILES string of the molecule is O=[N+]([O-])c1ccc(N2CCCCO2)c(S(=O)(=O)N2CCCC2)c1. The minimum atomic E-state index is -3.77. The monoisotopic (exact) mass is 341 g/mol. The fourth-order valence-corrected chi connectivity index (χ4v) is 4.60. The number of sulfonamides is 1. The maximum Gasteiger partial charge on any atom is 0.270 e. The average Bonchev–Trinajstić information content (AvgIpc) is 3.10. The maximum absolute atomic E-state index is 12.9. The van der Waals surface area contributed by atoms with Crippen LogP contribution in [0, 0.1) is 10.1 Å². The highest BCUT2D eigenvalue weighted by molar-refractivity contribution is 7.89. The van der Waals surface area contributed by atoms with Crippen LogP contribution in [0.25, 0.3) is 0 Å². The molecule has 2 aliphatic rings. The molecule has 23 heavy (non-hydrogen) atoms. The number of nitrogens with zero attached hydrogens (tertiary/aromatic N) is 3. The predicted octanol–water partition coefficient (Wildman–Crippen LogP) is 1.91. The molecule has 2 fully saturated rings. The van der Waals surface area contributed by atoms with Crippen molar-refractivity contribution in [3.05, 3.63) is 28.3 Å². The number of hydrogen-bond donors (Lipinski definition) is 0. The van der Waals surface area contributed by atoms with E-state index in [2.05, 4.69) is 0 Å². The number of non-ortho nitro benzene ring substituents is 1. The number of nitro groups is 1. The Morgan fingerprint density at radius 3 is 2.39 bits per heavy atom. The number of anilines is 1. The Kier molecular flexibility index (Phi) is 4.51. The van der Waals surface area contributed by atoms with E-state index in [0.29, 0.717) is 31.9 Å². The molecule has 1 aromatic carbocycles. The summed E-state index contributed by atoms with van der Waals surface area (Å²) < 4.78 is 27.2. The first kappa shape index (κ1) is 16.2.